The van der Waals surface area contributed by atoms with Crippen molar-refractivity contribution in [3.8, 4) is 0 Å². The van der Waals surface area contributed by atoms with Crippen molar-refractivity contribution in [2.75, 3.05) is 13.1 Å². The van der Waals surface area contributed by atoms with Crippen molar-refractivity contribution in [2.24, 2.45) is 5.92 Å². The minimum absolute atomic E-state index is 0.217. The van der Waals surface area contributed by atoms with Gasteiger partial charge < -0.3 is 10.4 Å². The Hall–Kier alpha value is -1.35. The summed E-state index contributed by atoms with van der Waals surface area (Å²) in [7, 11) is 0. The van der Waals surface area contributed by atoms with E-state index in [0.29, 0.717) is 11.8 Å². The first-order valence-corrected chi connectivity index (χ1v) is 7.76. The number of rotatable bonds is 5. The third kappa shape index (κ3) is 3.21. The molecule has 1 aromatic rings. The summed E-state index contributed by atoms with van der Waals surface area (Å²) in [6, 6.07) is 8.73. The van der Waals surface area contributed by atoms with Crippen molar-refractivity contribution < 1.29 is 9.90 Å². The molecule has 1 aliphatic heterocycles. The number of nitrogens with one attached hydrogen (secondary N) is 1. The Morgan fingerprint density at radius 3 is 2.65 bits per heavy atom. The van der Waals surface area contributed by atoms with Gasteiger partial charge in [-0.15, -0.1) is 0 Å². The van der Waals surface area contributed by atoms with Crippen LogP contribution in [0.25, 0.3) is 0 Å². The molecule has 1 aromatic carbocycles. The van der Waals surface area contributed by atoms with Crippen molar-refractivity contribution in [1.82, 2.24) is 5.32 Å². The topological polar surface area (TPSA) is 49.3 Å². The molecule has 1 aliphatic carbocycles. The molecule has 1 atom stereocenters. The lowest BCUT2D eigenvalue weighted by atomic mass is 9.85. The lowest BCUT2D eigenvalue weighted by Crippen LogP contribution is -2.26. The smallest absolute Gasteiger partial charge is 0.303 e. The number of hydrogen-bond acceptors (Lipinski definition) is 2. The summed E-state index contributed by atoms with van der Waals surface area (Å²) in [6.45, 7) is 2.19. The summed E-state index contributed by atoms with van der Waals surface area (Å²) in [5, 5.41) is 12.5. The Morgan fingerprint density at radius 2 is 2.00 bits per heavy atom. The molecule has 1 heterocycles. The molecule has 2 aliphatic rings. The number of benzene rings is 1. The largest absolute Gasteiger partial charge is 0.481 e. The second-order valence-electron chi connectivity index (χ2n) is 6.24. The molecule has 0 amide bonds. The van der Waals surface area contributed by atoms with E-state index in [2.05, 4.69) is 29.6 Å². The summed E-state index contributed by atoms with van der Waals surface area (Å²) < 4.78 is 0. The standard InChI is InChI=1S/C17H23NO2/c19-17(20)11-16(13-4-5-13)15-3-1-2-14(10-15)12-6-8-18-9-7-12/h1-3,10,12-13,16,18H,4-9,11H2,(H,19,20). The monoisotopic (exact) mass is 273 g/mol. The Morgan fingerprint density at radius 1 is 1.25 bits per heavy atom. The van der Waals surface area contributed by atoms with Crippen molar-refractivity contribution in [1.29, 1.82) is 0 Å². The van der Waals surface area contributed by atoms with Gasteiger partial charge in [0, 0.05) is 0 Å². The van der Waals surface area contributed by atoms with E-state index in [1.807, 2.05) is 0 Å². The maximum atomic E-state index is 11.1. The van der Waals surface area contributed by atoms with E-state index in [1.54, 1.807) is 0 Å². The molecule has 0 aromatic heterocycles. The Bertz CT molecular complexity index is 476. The molecule has 0 spiro atoms. The van der Waals surface area contributed by atoms with Crippen LogP contribution in [0.1, 0.15) is 55.1 Å². The molecule has 3 nitrogen and oxygen atoms in total. The van der Waals surface area contributed by atoms with E-state index in [1.165, 1.54) is 36.8 Å². The number of carbonyl (C=O) groups is 1. The van der Waals surface area contributed by atoms with Gasteiger partial charge in [-0.3, -0.25) is 4.79 Å². The summed E-state index contributed by atoms with van der Waals surface area (Å²) in [4.78, 5) is 11.1. The van der Waals surface area contributed by atoms with Crippen LogP contribution in [0.4, 0.5) is 0 Å². The first-order valence-electron chi connectivity index (χ1n) is 7.76. The quantitative estimate of drug-likeness (QED) is 0.866. The lowest BCUT2D eigenvalue weighted by Gasteiger charge is -2.24. The first kappa shape index (κ1) is 13.6. The van der Waals surface area contributed by atoms with E-state index in [9.17, 15) is 4.79 Å². The molecule has 1 unspecified atom stereocenters. The zero-order valence-electron chi connectivity index (χ0n) is 11.8. The van der Waals surface area contributed by atoms with E-state index < -0.39 is 5.97 Å². The van der Waals surface area contributed by atoms with E-state index >= 15 is 0 Å². The highest BCUT2D eigenvalue weighted by Crippen LogP contribution is 2.45. The van der Waals surface area contributed by atoms with Crippen LogP contribution in [0.5, 0.6) is 0 Å². The highest BCUT2D eigenvalue weighted by molar-refractivity contribution is 5.68. The molecule has 0 radical (unpaired) electrons. The summed E-state index contributed by atoms with van der Waals surface area (Å²) in [6.07, 6.45) is 5.04. The molecule has 2 N–H and O–H groups in total. The SMILES string of the molecule is O=C(O)CC(c1cccc(C2CCNCC2)c1)C1CC1. The Balaban J connectivity index is 1.79. The zero-order valence-corrected chi connectivity index (χ0v) is 11.8. The van der Waals surface area contributed by atoms with Crippen molar-refractivity contribution in [3.05, 3.63) is 35.4 Å². The fourth-order valence-electron chi connectivity index (χ4n) is 3.44. The third-order valence-electron chi connectivity index (χ3n) is 4.73. The van der Waals surface area contributed by atoms with Crippen molar-refractivity contribution in [2.45, 2.75) is 43.9 Å². The summed E-state index contributed by atoms with van der Waals surface area (Å²) >= 11 is 0. The van der Waals surface area contributed by atoms with Gasteiger partial charge in [0.05, 0.1) is 6.42 Å². The van der Waals surface area contributed by atoms with Crippen LogP contribution in [0.2, 0.25) is 0 Å². The van der Waals surface area contributed by atoms with Crippen molar-refractivity contribution in [3.63, 3.8) is 0 Å². The number of aliphatic carboxylic acids is 1. The van der Waals surface area contributed by atoms with Gasteiger partial charge in [-0.2, -0.15) is 0 Å². The van der Waals surface area contributed by atoms with Crippen LogP contribution in [0, 0.1) is 5.92 Å². The Kier molecular flexibility index (Phi) is 4.06. The predicted octanol–water partition coefficient (Wildman–Crippen LogP) is 3.12. The summed E-state index contributed by atoms with van der Waals surface area (Å²) in [5.41, 5.74) is 2.64. The van der Waals surface area contributed by atoms with Gasteiger partial charge in [-0.1, -0.05) is 24.3 Å². The number of carboxylic acids is 1. The molecule has 1 saturated carbocycles. The van der Waals surface area contributed by atoms with Gasteiger partial charge >= 0.3 is 5.97 Å². The predicted molar refractivity (Wildman–Crippen MR) is 79.0 cm³/mol. The molecule has 108 valence electrons. The average Bonchev–Trinajstić information content (AvgIpc) is 3.30. The fourth-order valence-corrected chi connectivity index (χ4v) is 3.44. The van der Waals surface area contributed by atoms with Gasteiger partial charge in [0.15, 0.2) is 0 Å². The molecule has 2 fully saturated rings. The average molecular weight is 273 g/mol. The molecule has 1 saturated heterocycles. The van der Waals surface area contributed by atoms with Crippen LogP contribution in [-0.4, -0.2) is 24.2 Å². The fraction of sp³-hybridized carbons (Fsp3) is 0.588. The maximum Gasteiger partial charge on any atom is 0.303 e. The molecule has 0 bridgehead atoms. The van der Waals surface area contributed by atoms with Gasteiger partial charge in [0.1, 0.15) is 0 Å². The second-order valence-corrected chi connectivity index (χ2v) is 6.24. The van der Waals surface area contributed by atoms with Crippen LogP contribution in [0.3, 0.4) is 0 Å². The number of hydrogen-bond donors (Lipinski definition) is 2. The molecule has 3 rings (SSSR count). The minimum Gasteiger partial charge on any atom is -0.481 e. The lowest BCUT2D eigenvalue weighted by molar-refractivity contribution is -0.137. The Labute approximate surface area is 120 Å². The number of piperidine rings is 1. The van der Waals surface area contributed by atoms with Crippen LogP contribution in [-0.2, 0) is 4.79 Å². The second kappa shape index (κ2) is 5.96. The summed E-state index contributed by atoms with van der Waals surface area (Å²) in [5.74, 6) is 0.776. The van der Waals surface area contributed by atoms with E-state index in [0.717, 1.165) is 13.1 Å². The molecular formula is C17H23NO2. The van der Waals surface area contributed by atoms with E-state index in [-0.39, 0.29) is 12.3 Å². The molecular weight excluding hydrogens is 250 g/mol. The van der Waals surface area contributed by atoms with Gasteiger partial charge in [-0.25, -0.2) is 0 Å². The van der Waals surface area contributed by atoms with Gasteiger partial charge in [0.25, 0.3) is 0 Å². The van der Waals surface area contributed by atoms with Crippen molar-refractivity contribution >= 4 is 5.97 Å². The third-order valence-corrected chi connectivity index (χ3v) is 4.73. The van der Waals surface area contributed by atoms with Gasteiger partial charge in [-0.05, 0) is 67.7 Å². The first-order chi connectivity index (χ1) is 9.74. The normalized spacial score (nSPS) is 21.6. The highest BCUT2D eigenvalue weighted by atomic mass is 16.4. The molecule has 20 heavy (non-hydrogen) atoms. The van der Waals surface area contributed by atoms with Crippen LogP contribution in [0.15, 0.2) is 24.3 Å². The maximum absolute atomic E-state index is 11.1. The van der Waals surface area contributed by atoms with E-state index in [4.69, 9.17) is 5.11 Å². The van der Waals surface area contributed by atoms with Crippen LogP contribution < -0.4 is 5.32 Å². The zero-order chi connectivity index (χ0) is 13.9. The molecule has 3 heteroatoms. The van der Waals surface area contributed by atoms with Crippen LogP contribution >= 0.6 is 0 Å². The minimum atomic E-state index is -0.672. The number of carboxylic acid groups (broad SMARTS) is 1. The van der Waals surface area contributed by atoms with Gasteiger partial charge in [0.2, 0.25) is 0 Å². The highest BCUT2D eigenvalue weighted by Gasteiger charge is 2.34.